The number of aliphatic carboxylic acids is 1. The summed E-state index contributed by atoms with van der Waals surface area (Å²) in [5.41, 5.74) is 9.04. The van der Waals surface area contributed by atoms with Crippen LogP contribution in [-0.4, -0.2) is 104 Å². The largest absolute Gasteiger partial charge is 0.508 e. The van der Waals surface area contributed by atoms with Crippen molar-refractivity contribution in [2.45, 2.75) is 102 Å². The number of H-pyrrole nitrogens is 1. The Labute approximate surface area is 393 Å². The molecule has 0 aliphatic rings. The van der Waals surface area contributed by atoms with E-state index in [1.54, 1.807) is 60.8 Å². The molecule has 18 nitrogen and oxygen atoms in total. The second kappa shape index (κ2) is 24.2. The van der Waals surface area contributed by atoms with E-state index < -0.39 is 83.7 Å². The molecule has 0 unspecified atom stereocenters. The third-order valence-corrected chi connectivity index (χ3v) is 11.1. The molecular weight excluding hydrogens is 873 g/mol. The third-order valence-electron chi connectivity index (χ3n) is 11.1. The molecule has 6 amide bonds. The maximum atomic E-state index is 14.6. The van der Waals surface area contributed by atoms with Crippen molar-refractivity contribution >= 4 is 52.3 Å². The van der Waals surface area contributed by atoms with Gasteiger partial charge in [-0.2, -0.15) is 0 Å². The van der Waals surface area contributed by atoms with Gasteiger partial charge < -0.3 is 57.9 Å². The Hall–Kier alpha value is -7.73. The lowest BCUT2D eigenvalue weighted by atomic mass is 9.98. The van der Waals surface area contributed by atoms with Gasteiger partial charge in [-0.05, 0) is 78.8 Å². The van der Waals surface area contributed by atoms with Crippen LogP contribution in [0.4, 0.5) is 0 Å². The van der Waals surface area contributed by atoms with Gasteiger partial charge in [-0.3, -0.25) is 33.6 Å². The summed E-state index contributed by atoms with van der Waals surface area (Å²) < 4.78 is 0. The van der Waals surface area contributed by atoms with Gasteiger partial charge in [0.05, 0.1) is 6.04 Å². The summed E-state index contributed by atoms with van der Waals surface area (Å²) in [5, 5.41) is 46.3. The number of carbonyl (C=O) groups excluding carboxylic acids is 6. The highest BCUT2D eigenvalue weighted by atomic mass is 16.4. The average Bonchev–Trinajstić information content (AvgIpc) is 3.71. The van der Waals surface area contributed by atoms with Gasteiger partial charge in [-0.25, -0.2) is 0 Å². The Morgan fingerprint density at radius 2 is 0.897 bits per heavy atom. The predicted molar refractivity (Wildman–Crippen MR) is 254 cm³/mol. The van der Waals surface area contributed by atoms with Crippen molar-refractivity contribution in [1.29, 1.82) is 0 Å². The molecule has 1 heterocycles. The summed E-state index contributed by atoms with van der Waals surface area (Å²) in [6, 6.07) is 19.4. The number of hydrogen-bond donors (Lipinski definition) is 11. The Morgan fingerprint density at radius 1 is 0.500 bits per heavy atom. The first-order valence-electron chi connectivity index (χ1n) is 22.3. The highest BCUT2D eigenvalue weighted by Gasteiger charge is 2.34. The first kappa shape index (κ1) is 51.3. The van der Waals surface area contributed by atoms with Crippen molar-refractivity contribution < 1.29 is 48.9 Å². The minimum absolute atomic E-state index is 0.0256. The molecule has 4 aromatic carbocycles. The molecule has 5 rings (SSSR count). The SMILES string of the molecule is CC(C)C[C@H](NC(=O)[C@H](Cc1ccc(O)cc1)NC(=O)[C@H](Cc1ccccc1)NC(=O)[C@H](C)N)C(=O)N[C@@H](Cc1c[nH]c2ccccc12)C(=O)N[C@@H](Cc1ccc(O)cc1)C(=O)N[C@@H](C)C(=O)O. The van der Waals surface area contributed by atoms with Crippen LogP contribution in [0.15, 0.2) is 109 Å². The molecule has 7 atom stereocenters. The number of benzene rings is 4. The summed E-state index contributed by atoms with van der Waals surface area (Å²) in [7, 11) is 0. The number of aromatic hydroxyl groups is 2. The number of fused-ring (bicyclic) bond motifs is 1. The van der Waals surface area contributed by atoms with E-state index in [0.717, 1.165) is 16.5 Å². The van der Waals surface area contributed by atoms with E-state index in [2.05, 4.69) is 36.9 Å². The summed E-state index contributed by atoms with van der Waals surface area (Å²) in [4.78, 5) is 98.9. The molecule has 360 valence electrons. The zero-order chi connectivity index (χ0) is 49.5. The van der Waals surface area contributed by atoms with Gasteiger partial charge in [-0.15, -0.1) is 0 Å². The number of carboxylic acid groups (broad SMARTS) is 1. The quantitative estimate of drug-likeness (QED) is 0.0452. The van der Waals surface area contributed by atoms with Crippen LogP contribution in [0.25, 0.3) is 10.9 Å². The molecule has 0 aliphatic carbocycles. The monoisotopic (exact) mass is 932 g/mol. The molecule has 0 saturated carbocycles. The molecule has 0 fully saturated rings. The van der Waals surface area contributed by atoms with Crippen LogP contribution in [0.3, 0.4) is 0 Å². The predicted octanol–water partition coefficient (Wildman–Crippen LogP) is 2.26. The zero-order valence-electron chi connectivity index (χ0n) is 38.3. The molecule has 68 heavy (non-hydrogen) atoms. The van der Waals surface area contributed by atoms with Gasteiger partial charge in [0.2, 0.25) is 35.4 Å². The Kier molecular flexibility index (Phi) is 18.2. The van der Waals surface area contributed by atoms with Crippen LogP contribution in [0.1, 0.15) is 56.4 Å². The van der Waals surface area contributed by atoms with Crippen LogP contribution in [0, 0.1) is 5.92 Å². The Morgan fingerprint density at radius 3 is 1.37 bits per heavy atom. The average molecular weight is 933 g/mol. The first-order valence-corrected chi connectivity index (χ1v) is 22.3. The van der Waals surface area contributed by atoms with E-state index in [1.165, 1.54) is 38.1 Å². The smallest absolute Gasteiger partial charge is 0.325 e. The van der Waals surface area contributed by atoms with Crippen molar-refractivity contribution in [3.8, 4) is 11.5 Å². The Bertz CT molecular complexity index is 2530. The molecular formula is C50H60N8O10. The highest BCUT2D eigenvalue weighted by Crippen LogP contribution is 2.20. The van der Waals surface area contributed by atoms with Crippen LogP contribution in [-0.2, 0) is 59.2 Å². The summed E-state index contributed by atoms with van der Waals surface area (Å²) >= 11 is 0. The number of carbonyl (C=O) groups is 7. The minimum atomic E-state index is -1.36. The summed E-state index contributed by atoms with van der Waals surface area (Å²) in [5.74, 6) is -5.97. The van der Waals surface area contributed by atoms with Gasteiger partial charge in [0.25, 0.3) is 0 Å². The molecule has 12 N–H and O–H groups in total. The van der Waals surface area contributed by atoms with Crippen LogP contribution in [0.5, 0.6) is 11.5 Å². The van der Waals surface area contributed by atoms with Crippen molar-refractivity contribution in [1.82, 2.24) is 36.9 Å². The summed E-state index contributed by atoms with van der Waals surface area (Å²) in [6.07, 6.45) is 1.55. The van der Waals surface area contributed by atoms with E-state index in [0.29, 0.717) is 16.7 Å². The van der Waals surface area contributed by atoms with Crippen molar-refractivity contribution in [2.24, 2.45) is 11.7 Å². The Balaban J connectivity index is 1.45. The summed E-state index contributed by atoms with van der Waals surface area (Å²) in [6.45, 7) is 6.40. The van der Waals surface area contributed by atoms with Crippen molar-refractivity contribution in [2.75, 3.05) is 0 Å². The molecule has 0 spiro atoms. The lowest BCUT2D eigenvalue weighted by Gasteiger charge is -2.28. The fourth-order valence-electron chi connectivity index (χ4n) is 7.41. The van der Waals surface area contributed by atoms with Crippen molar-refractivity contribution in [3.63, 3.8) is 0 Å². The van der Waals surface area contributed by atoms with E-state index in [9.17, 15) is 48.9 Å². The number of hydrogen-bond acceptors (Lipinski definition) is 10. The van der Waals surface area contributed by atoms with Gasteiger partial charge >= 0.3 is 5.97 Å². The molecule has 0 aliphatic heterocycles. The van der Waals surface area contributed by atoms with Crippen LogP contribution < -0.4 is 37.6 Å². The number of aromatic nitrogens is 1. The van der Waals surface area contributed by atoms with Crippen molar-refractivity contribution in [3.05, 3.63) is 132 Å². The van der Waals surface area contributed by atoms with Crippen LogP contribution in [0.2, 0.25) is 0 Å². The fraction of sp³-hybridized carbons (Fsp3) is 0.340. The number of para-hydroxylation sites is 1. The van der Waals surface area contributed by atoms with E-state index >= 15 is 0 Å². The number of phenols is 2. The molecule has 0 radical (unpaired) electrons. The molecule has 0 saturated heterocycles. The third kappa shape index (κ3) is 15.2. The normalized spacial score (nSPS) is 14.3. The first-order chi connectivity index (χ1) is 32.4. The number of nitrogens with two attached hydrogens (primary N) is 1. The van der Waals surface area contributed by atoms with Gasteiger partial charge in [0.1, 0.15) is 47.8 Å². The molecule has 1 aromatic heterocycles. The van der Waals surface area contributed by atoms with E-state index in [1.807, 2.05) is 38.1 Å². The van der Waals surface area contributed by atoms with Gasteiger partial charge in [-0.1, -0.05) is 86.6 Å². The molecule has 0 bridgehead atoms. The minimum Gasteiger partial charge on any atom is -0.508 e. The number of rotatable bonds is 23. The van der Waals surface area contributed by atoms with Crippen LogP contribution >= 0.6 is 0 Å². The van der Waals surface area contributed by atoms with Gasteiger partial charge in [0, 0.05) is 42.8 Å². The lowest BCUT2D eigenvalue weighted by Crippen LogP contribution is -2.60. The second-order valence-corrected chi connectivity index (χ2v) is 17.3. The van der Waals surface area contributed by atoms with E-state index in [4.69, 9.17) is 5.73 Å². The topological polar surface area (TPSA) is 294 Å². The molecule has 18 heteroatoms. The fourth-order valence-corrected chi connectivity index (χ4v) is 7.41. The maximum absolute atomic E-state index is 14.6. The number of phenolic OH excluding ortho intramolecular Hbond substituents is 2. The van der Waals surface area contributed by atoms with E-state index in [-0.39, 0.29) is 49.5 Å². The molecule has 5 aromatic rings. The number of carboxylic acids is 1. The highest BCUT2D eigenvalue weighted by molar-refractivity contribution is 5.97. The van der Waals surface area contributed by atoms with Gasteiger partial charge in [0.15, 0.2) is 0 Å². The number of nitrogens with one attached hydrogen (secondary N) is 7. The second-order valence-electron chi connectivity index (χ2n) is 17.3. The number of aromatic amines is 1. The number of amides is 6. The zero-order valence-corrected chi connectivity index (χ0v) is 38.3. The lowest BCUT2D eigenvalue weighted by molar-refractivity contribution is -0.141. The standard InChI is InChI=1S/C50H60N8O10/c1-28(2)22-39(55-48(65)42(25-33-16-20-36(60)21-17-33)57-47(64)41(54-44(61)29(3)51)23-31-10-6-5-7-11-31)46(63)58-43(26-34-27-52-38-13-9-8-12-37(34)38)49(66)56-40(45(62)53-30(4)50(67)68)24-32-14-18-35(59)19-15-32/h5-21,27-30,39-43,52,59-60H,22-26,51H2,1-4H3,(H,53,62)(H,54,61)(H,55,65)(H,56,66)(H,57,64)(H,58,63)(H,67,68)/t29-,30-,39-,40-,41-,42-,43-/m0/s1. The maximum Gasteiger partial charge on any atom is 0.325 e.